The van der Waals surface area contributed by atoms with Crippen LogP contribution >= 0.6 is 0 Å². The van der Waals surface area contributed by atoms with Gasteiger partial charge in [0.15, 0.2) is 0 Å². The zero-order valence-corrected chi connectivity index (χ0v) is 17.1. The maximum Gasteiger partial charge on any atom is 0.229 e. The Hall–Kier alpha value is -1.35. The minimum absolute atomic E-state index is 0.0655. The Balaban J connectivity index is 1.51. The second-order valence-corrected chi connectivity index (χ2v) is 10.7. The molecule has 2 atom stereocenters. The zero-order valence-electron chi connectivity index (χ0n) is 17.1. The van der Waals surface area contributed by atoms with E-state index in [1.165, 1.54) is 11.1 Å². The Labute approximate surface area is 163 Å². The molecule has 0 spiro atoms. The number of amides is 1. The molecule has 3 heteroatoms. The number of benzene rings is 1. The third-order valence-corrected chi connectivity index (χ3v) is 9.43. The monoisotopic (exact) mass is 367 g/mol. The second-order valence-electron chi connectivity index (χ2n) is 10.7. The molecule has 0 unspecified atom stereocenters. The molecule has 1 N–H and O–H groups in total. The molecule has 3 nitrogen and oxygen atoms in total. The van der Waals surface area contributed by atoms with Gasteiger partial charge in [-0.25, -0.2) is 0 Å². The van der Waals surface area contributed by atoms with Gasteiger partial charge in [0.05, 0.1) is 5.60 Å². The standard InChI is InChI=1S/C24H33NO2/c1-21(2)19-16-17-6-4-5-7-18(17)22(21,3)14-15-25(19)20(26)23-8-11-24(27,12-9-23)13-10-23/h4-7,19,27H,8-16H2,1-3H3/t19-,22+,23?,24?/m1/s1. The van der Waals surface area contributed by atoms with Gasteiger partial charge < -0.3 is 10.0 Å². The summed E-state index contributed by atoms with van der Waals surface area (Å²) in [7, 11) is 0. The zero-order chi connectivity index (χ0) is 19.1. The predicted molar refractivity (Wildman–Crippen MR) is 106 cm³/mol. The molecule has 0 aromatic heterocycles. The van der Waals surface area contributed by atoms with Gasteiger partial charge in [-0.15, -0.1) is 0 Å². The SMILES string of the molecule is CC1(C)[C@H]2Cc3ccccc3[C@]1(C)CCN2C(=O)C12CCC(O)(CC1)CC2. The lowest BCUT2D eigenvalue weighted by Gasteiger charge is -2.62. The van der Waals surface area contributed by atoms with Gasteiger partial charge in [0.1, 0.15) is 0 Å². The number of rotatable bonds is 1. The highest BCUT2D eigenvalue weighted by molar-refractivity contribution is 5.84. The molecule has 5 aliphatic rings. The van der Waals surface area contributed by atoms with E-state index in [1.807, 2.05) is 0 Å². The third kappa shape index (κ3) is 2.21. The Kier molecular flexibility index (Phi) is 3.53. The van der Waals surface area contributed by atoms with E-state index in [-0.39, 0.29) is 22.3 Å². The van der Waals surface area contributed by atoms with E-state index in [1.54, 1.807) is 0 Å². The van der Waals surface area contributed by atoms with Crippen LogP contribution in [0.25, 0.3) is 0 Å². The van der Waals surface area contributed by atoms with Gasteiger partial charge in [0, 0.05) is 23.4 Å². The van der Waals surface area contributed by atoms with Crippen LogP contribution in [-0.4, -0.2) is 34.1 Å². The first-order chi connectivity index (χ1) is 12.7. The van der Waals surface area contributed by atoms with Crippen LogP contribution in [0.15, 0.2) is 24.3 Å². The number of fused-ring (bicyclic) bond motifs is 7. The second kappa shape index (κ2) is 5.37. The van der Waals surface area contributed by atoms with Crippen LogP contribution in [0.4, 0.5) is 0 Å². The first-order valence-electron chi connectivity index (χ1n) is 10.8. The molecule has 1 saturated heterocycles. The summed E-state index contributed by atoms with van der Waals surface area (Å²) >= 11 is 0. The van der Waals surface area contributed by atoms with E-state index >= 15 is 0 Å². The molecule has 4 fully saturated rings. The fraction of sp³-hybridized carbons (Fsp3) is 0.708. The molecule has 1 aromatic carbocycles. The highest BCUT2D eigenvalue weighted by atomic mass is 16.3. The summed E-state index contributed by atoms with van der Waals surface area (Å²) in [5, 5.41) is 10.6. The van der Waals surface area contributed by atoms with Crippen molar-refractivity contribution in [3.8, 4) is 0 Å². The Bertz CT molecular complexity index is 773. The van der Waals surface area contributed by atoms with Crippen LogP contribution in [0.1, 0.15) is 76.8 Å². The number of nitrogens with zero attached hydrogens (tertiary/aromatic N) is 1. The summed E-state index contributed by atoms with van der Waals surface area (Å²) in [4.78, 5) is 16.2. The molecule has 4 bridgehead atoms. The Morgan fingerprint density at radius 2 is 1.63 bits per heavy atom. The predicted octanol–water partition coefficient (Wildman–Crippen LogP) is 4.21. The fourth-order valence-electron chi connectivity index (χ4n) is 6.91. The van der Waals surface area contributed by atoms with E-state index < -0.39 is 5.60 Å². The minimum atomic E-state index is -0.481. The molecule has 146 valence electrons. The Morgan fingerprint density at radius 1 is 1.00 bits per heavy atom. The fourth-order valence-corrected chi connectivity index (χ4v) is 6.91. The molecule has 3 saturated carbocycles. The van der Waals surface area contributed by atoms with Crippen molar-refractivity contribution in [1.29, 1.82) is 0 Å². The highest BCUT2D eigenvalue weighted by Crippen LogP contribution is 2.58. The lowest BCUT2D eigenvalue weighted by atomic mass is 9.50. The third-order valence-electron chi connectivity index (χ3n) is 9.43. The van der Waals surface area contributed by atoms with Gasteiger partial charge in [0.2, 0.25) is 5.91 Å². The summed E-state index contributed by atoms with van der Waals surface area (Å²) in [6, 6.07) is 9.17. The molecule has 1 heterocycles. The number of carbonyl (C=O) groups excluding carboxylic acids is 1. The molecule has 6 rings (SSSR count). The van der Waals surface area contributed by atoms with Crippen molar-refractivity contribution in [3.63, 3.8) is 0 Å². The molecule has 1 amide bonds. The largest absolute Gasteiger partial charge is 0.390 e. The van der Waals surface area contributed by atoms with Crippen molar-refractivity contribution in [2.75, 3.05) is 6.54 Å². The highest BCUT2D eigenvalue weighted by Gasteiger charge is 2.60. The lowest BCUT2D eigenvalue weighted by Crippen LogP contribution is -2.67. The molecular weight excluding hydrogens is 334 g/mol. The summed E-state index contributed by atoms with van der Waals surface area (Å²) in [6.45, 7) is 8.06. The molecule has 4 aliphatic carbocycles. The molecular formula is C24H33NO2. The number of piperidine rings is 1. The number of likely N-dealkylation sites (tertiary alicyclic amines) is 1. The quantitative estimate of drug-likeness (QED) is 0.808. The Morgan fingerprint density at radius 3 is 2.30 bits per heavy atom. The van der Waals surface area contributed by atoms with Gasteiger partial charge in [0.25, 0.3) is 0 Å². The molecule has 1 aliphatic heterocycles. The first kappa shape index (κ1) is 17.7. The molecule has 27 heavy (non-hydrogen) atoms. The number of hydrogen-bond acceptors (Lipinski definition) is 2. The average molecular weight is 368 g/mol. The van der Waals surface area contributed by atoms with Crippen LogP contribution in [0.3, 0.4) is 0 Å². The van der Waals surface area contributed by atoms with E-state index in [9.17, 15) is 9.90 Å². The van der Waals surface area contributed by atoms with Crippen molar-refractivity contribution >= 4 is 5.91 Å². The van der Waals surface area contributed by atoms with Crippen LogP contribution in [0, 0.1) is 10.8 Å². The van der Waals surface area contributed by atoms with Crippen LogP contribution in [0.2, 0.25) is 0 Å². The lowest BCUT2D eigenvalue weighted by molar-refractivity contribution is -0.169. The topological polar surface area (TPSA) is 40.5 Å². The van der Waals surface area contributed by atoms with E-state index in [4.69, 9.17) is 0 Å². The van der Waals surface area contributed by atoms with Crippen molar-refractivity contribution < 1.29 is 9.90 Å². The molecule has 0 radical (unpaired) electrons. The smallest absolute Gasteiger partial charge is 0.229 e. The van der Waals surface area contributed by atoms with Crippen molar-refractivity contribution in [3.05, 3.63) is 35.4 Å². The van der Waals surface area contributed by atoms with Gasteiger partial charge in [-0.2, -0.15) is 0 Å². The van der Waals surface area contributed by atoms with Gasteiger partial charge in [-0.05, 0) is 67.9 Å². The average Bonchev–Trinajstić information content (AvgIpc) is 2.65. The van der Waals surface area contributed by atoms with Gasteiger partial charge in [-0.3, -0.25) is 4.79 Å². The maximum absolute atomic E-state index is 13.9. The summed E-state index contributed by atoms with van der Waals surface area (Å²) in [5.74, 6) is 0.392. The van der Waals surface area contributed by atoms with Crippen molar-refractivity contribution in [2.45, 2.75) is 89.2 Å². The minimum Gasteiger partial charge on any atom is -0.390 e. The van der Waals surface area contributed by atoms with Gasteiger partial charge >= 0.3 is 0 Å². The van der Waals surface area contributed by atoms with Gasteiger partial charge in [-0.1, -0.05) is 45.0 Å². The van der Waals surface area contributed by atoms with Crippen LogP contribution in [0.5, 0.6) is 0 Å². The normalized spacial score (nSPS) is 41.9. The maximum atomic E-state index is 13.9. The van der Waals surface area contributed by atoms with Crippen LogP contribution in [-0.2, 0) is 16.6 Å². The van der Waals surface area contributed by atoms with Crippen molar-refractivity contribution in [1.82, 2.24) is 4.90 Å². The number of hydrogen-bond donors (Lipinski definition) is 1. The molecule has 1 aromatic rings. The number of carbonyl (C=O) groups is 1. The van der Waals surface area contributed by atoms with E-state index in [0.29, 0.717) is 5.91 Å². The van der Waals surface area contributed by atoms with E-state index in [2.05, 4.69) is 49.9 Å². The van der Waals surface area contributed by atoms with Crippen LogP contribution < -0.4 is 0 Å². The van der Waals surface area contributed by atoms with E-state index in [0.717, 1.165) is 57.9 Å². The first-order valence-corrected chi connectivity index (χ1v) is 10.8. The summed E-state index contributed by atoms with van der Waals surface area (Å²) < 4.78 is 0. The van der Waals surface area contributed by atoms with Crippen molar-refractivity contribution in [2.24, 2.45) is 10.8 Å². The summed E-state index contributed by atoms with van der Waals surface area (Å²) in [6.07, 6.45) is 7.06. The number of aliphatic hydroxyl groups is 1. The summed E-state index contributed by atoms with van der Waals surface area (Å²) in [5.41, 5.74) is 2.44.